The lowest BCUT2D eigenvalue weighted by Crippen LogP contribution is -2.49. The van der Waals surface area contributed by atoms with Crippen LogP contribution in [0.4, 0.5) is 0 Å². The Hall–Kier alpha value is -1.19. The summed E-state index contributed by atoms with van der Waals surface area (Å²) in [4.78, 5) is 13.5. The highest BCUT2D eigenvalue weighted by molar-refractivity contribution is 5.63. The van der Waals surface area contributed by atoms with Crippen LogP contribution in [0.1, 0.15) is 18.4 Å². The van der Waals surface area contributed by atoms with Crippen molar-refractivity contribution >= 4 is 6.29 Å². The third kappa shape index (κ3) is 3.14. The summed E-state index contributed by atoms with van der Waals surface area (Å²) in [5.74, 6) is 0. The molecule has 0 bridgehead atoms. The van der Waals surface area contributed by atoms with E-state index in [4.69, 9.17) is 4.74 Å². The zero-order chi connectivity index (χ0) is 12.1. The minimum absolute atomic E-state index is 0.507. The molecule has 1 aromatic carbocycles. The monoisotopic (exact) mass is 233 g/mol. The van der Waals surface area contributed by atoms with Crippen LogP contribution in [0, 0.1) is 0 Å². The zero-order valence-corrected chi connectivity index (χ0v) is 10.3. The van der Waals surface area contributed by atoms with Crippen LogP contribution in [0.2, 0.25) is 0 Å². The number of carbonyl (C=O) groups excluding carboxylic acids is 1. The highest BCUT2D eigenvalue weighted by atomic mass is 16.5. The van der Waals surface area contributed by atoms with Crippen LogP contribution in [0.3, 0.4) is 0 Å². The van der Waals surface area contributed by atoms with E-state index >= 15 is 0 Å². The second-order valence-corrected chi connectivity index (χ2v) is 4.80. The van der Waals surface area contributed by atoms with Crippen molar-refractivity contribution in [2.24, 2.45) is 0 Å². The number of likely N-dealkylation sites (N-methyl/N-ethyl adjacent to an activating group) is 1. The number of carbonyl (C=O) groups is 1. The molecular weight excluding hydrogens is 214 g/mol. The molecule has 0 saturated carbocycles. The molecule has 2 rings (SSSR count). The molecule has 92 valence electrons. The van der Waals surface area contributed by atoms with E-state index in [-0.39, 0.29) is 0 Å². The summed E-state index contributed by atoms with van der Waals surface area (Å²) >= 11 is 0. The first-order valence-electron chi connectivity index (χ1n) is 6.07. The van der Waals surface area contributed by atoms with Gasteiger partial charge in [0, 0.05) is 6.54 Å². The summed E-state index contributed by atoms with van der Waals surface area (Å²) in [5, 5.41) is 0. The summed E-state index contributed by atoms with van der Waals surface area (Å²) in [5.41, 5.74) is 0.505. The van der Waals surface area contributed by atoms with Crippen LogP contribution in [0.15, 0.2) is 30.3 Å². The second-order valence-electron chi connectivity index (χ2n) is 4.80. The van der Waals surface area contributed by atoms with Crippen molar-refractivity contribution in [3.63, 3.8) is 0 Å². The van der Waals surface area contributed by atoms with Gasteiger partial charge in [-0.1, -0.05) is 30.3 Å². The topological polar surface area (TPSA) is 29.5 Å². The molecular formula is C14H19NO2. The van der Waals surface area contributed by atoms with Crippen molar-refractivity contribution in [3.8, 4) is 0 Å². The number of ether oxygens (including phenoxy) is 1. The normalized spacial score (nSPS) is 25.7. The first-order valence-corrected chi connectivity index (χ1v) is 6.07. The Balaban J connectivity index is 1.97. The standard InChI is InChI=1S/C14H19NO2/c1-15-9-5-8-14(11-15,12-16)17-10-13-6-3-2-4-7-13/h2-4,6-7,12H,5,8-11H2,1H3. The van der Waals surface area contributed by atoms with Gasteiger partial charge in [0.25, 0.3) is 0 Å². The summed E-state index contributed by atoms with van der Waals surface area (Å²) in [7, 11) is 2.03. The smallest absolute Gasteiger partial charge is 0.153 e. The molecule has 0 aliphatic carbocycles. The number of benzene rings is 1. The first-order chi connectivity index (χ1) is 8.24. The number of hydrogen-bond acceptors (Lipinski definition) is 3. The fourth-order valence-corrected chi connectivity index (χ4v) is 2.31. The van der Waals surface area contributed by atoms with Crippen LogP contribution in [-0.2, 0) is 16.1 Å². The maximum atomic E-state index is 11.3. The molecule has 1 heterocycles. The minimum Gasteiger partial charge on any atom is -0.361 e. The van der Waals surface area contributed by atoms with E-state index in [1.165, 1.54) is 0 Å². The van der Waals surface area contributed by atoms with Gasteiger partial charge in [-0.3, -0.25) is 0 Å². The molecule has 1 saturated heterocycles. The number of piperidine rings is 1. The van der Waals surface area contributed by atoms with Crippen molar-refractivity contribution < 1.29 is 9.53 Å². The fraction of sp³-hybridized carbons (Fsp3) is 0.500. The van der Waals surface area contributed by atoms with Crippen LogP contribution in [0.25, 0.3) is 0 Å². The van der Waals surface area contributed by atoms with E-state index in [1.807, 2.05) is 37.4 Å². The lowest BCUT2D eigenvalue weighted by molar-refractivity contribution is -0.141. The number of nitrogens with zero attached hydrogens (tertiary/aromatic N) is 1. The number of aldehydes is 1. The molecule has 1 atom stereocenters. The minimum atomic E-state index is -0.608. The third-order valence-electron chi connectivity index (χ3n) is 3.26. The summed E-state index contributed by atoms with van der Waals surface area (Å²) in [6, 6.07) is 9.99. The van der Waals surface area contributed by atoms with Gasteiger partial charge in [0.1, 0.15) is 5.60 Å². The van der Waals surface area contributed by atoms with Crippen LogP contribution >= 0.6 is 0 Å². The van der Waals surface area contributed by atoms with E-state index in [0.29, 0.717) is 13.2 Å². The van der Waals surface area contributed by atoms with Crippen LogP contribution in [-0.4, -0.2) is 36.9 Å². The van der Waals surface area contributed by atoms with E-state index in [1.54, 1.807) is 0 Å². The fourth-order valence-electron chi connectivity index (χ4n) is 2.31. The van der Waals surface area contributed by atoms with Gasteiger partial charge >= 0.3 is 0 Å². The van der Waals surface area contributed by atoms with Gasteiger partial charge in [0.05, 0.1) is 6.61 Å². The molecule has 0 spiro atoms. The van der Waals surface area contributed by atoms with E-state index < -0.39 is 5.60 Å². The molecule has 1 fully saturated rings. The summed E-state index contributed by atoms with van der Waals surface area (Å²) in [6.45, 7) is 2.25. The van der Waals surface area contributed by atoms with Gasteiger partial charge in [-0.25, -0.2) is 0 Å². The van der Waals surface area contributed by atoms with Gasteiger partial charge in [0.15, 0.2) is 6.29 Å². The first kappa shape index (κ1) is 12.3. The summed E-state index contributed by atoms with van der Waals surface area (Å²) in [6.07, 6.45) is 2.82. The van der Waals surface area contributed by atoms with Gasteiger partial charge in [-0.05, 0) is 32.0 Å². The molecule has 0 aromatic heterocycles. The molecule has 3 nitrogen and oxygen atoms in total. The SMILES string of the molecule is CN1CCCC(C=O)(OCc2ccccc2)C1. The molecule has 1 aliphatic heterocycles. The zero-order valence-electron chi connectivity index (χ0n) is 10.3. The lowest BCUT2D eigenvalue weighted by Gasteiger charge is -2.37. The van der Waals surface area contributed by atoms with Gasteiger partial charge in [0.2, 0.25) is 0 Å². The third-order valence-corrected chi connectivity index (χ3v) is 3.26. The average Bonchev–Trinajstić information content (AvgIpc) is 2.38. The molecule has 1 aliphatic rings. The number of rotatable bonds is 4. The second kappa shape index (κ2) is 5.43. The number of likely N-dealkylation sites (tertiary alicyclic amines) is 1. The van der Waals surface area contributed by atoms with Crippen molar-refractivity contribution in [2.45, 2.75) is 25.0 Å². The average molecular weight is 233 g/mol. The van der Waals surface area contributed by atoms with Crippen molar-refractivity contribution in [3.05, 3.63) is 35.9 Å². The maximum absolute atomic E-state index is 11.3. The Morgan fingerprint density at radius 1 is 1.41 bits per heavy atom. The Bertz CT molecular complexity index is 366. The molecule has 0 amide bonds. The molecule has 3 heteroatoms. The largest absolute Gasteiger partial charge is 0.361 e. The molecule has 1 aromatic rings. The number of hydrogen-bond donors (Lipinski definition) is 0. The van der Waals surface area contributed by atoms with E-state index in [0.717, 1.165) is 31.2 Å². The van der Waals surface area contributed by atoms with Crippen molar-refractivity contribution in [1.29, 1.82) is 0 Å². The Morgan fingerprint density at radius 3 is 2.82 bits per heavy atom. The van der Waals surface area contributed by atoms with E-state index in [9.17, 15) is 4.79 Å². The predicted octanol–water partition coefficient (Wildman–Crippen LogP) is 1.87. The molecule has 0 N–H and O–H groups in total. The quantitative estimate of drug-likeness (QED) is 0.743. The Labute approximate surface area is 102 Å². The lowest BCUT2D eigenvalue weighted by atomic mass is 9.94. The summed E-state index contributed by atoms with van der Waals surface area (Å²) < 4.78 is 5.87. The highest BCUT2D eigenvalue weighted by Crippen LogP contribution is 2.23. The molecule has 1 unspecified atom stereocenters. The molecule has 0 radical (unpaired) electrons. The predicted molar refractivity (Wildman–Crippen MR) is 66.8 cm³/mol. The van der Waals surface area contributed by atoms with Gasteiger partial charge in [-0.15, -0.1) is 0 Å². The Morgan fingerprint density at radius 2 is 2.18 bits per heavy atom. The maximum Gasteiger partial charge on any atom is 0.153 e. The van der Waals surface area contributed by atoms with Crippen LogP contribution < -0.4 is 0 Å². The molecule has 17 heavy (non-hydrogen) atoms. The van der Waals surface area contributed by atoms with Gasteiger partial charge in [-0.2, -0.15) is 0 Å². The Kier molecular flexibility index (Phi) is 3.92. The van der Waals surface area contributed by atoms with Crippen LogP contribution in [0.5, 0.6) is 0 Å². The van der Waals surface area contributed by atoms with Crippen molar-refractivity contribution in [2.75, 3.05) is 20.1 Å². The van der Waals surface area contributed by atoms with E-state index in [2.05, 4.69) is 4.90 Å². The van der Waals surface area contributed by atoms with Gasteiger partial charge < -0.3 is 14.4 Å². The van der Waals surface area contributed by atoms with Crippen molar-refractivity contribution in [1.82, 2.24) is 4.90 Å². The highest BCUT2D eigenvalue weighted by Gasteiger charge is 2.34.